The summed E-state index contributed by atoms with van der Waals surface area (Å²) in [4.78, 5) is 10.9. The number of halogens is 1. The molecule has 0 unspecified atom stereocenters. The van der Waals surface area contributed by atoms with Crippen molar-refractivity contribution in [1.82, 2.24) is 9.97 Å². The molecular formula is C12H15ClN4S. The average Bonchev–Trinajstić information content (AvgIpc) is 2.68. The molecule has 2 N–H and O–H groups in total. The maximum absolute atomic E-state index is 6.04. The molecule has 0 aromatic carbocycles. The molecule has 0 aliphatic rings. The summed E-state index contributed by atoms with van der Waals surface area (Å²) in [5.41, 5.74) is 1.32. The number of hydrogen-bond donors (Lipinski definition) is 2. The van der Waals surface area contributed by atoms with Gasteiger partial charge in [-0.05, 0) is 25.5 Å². The quantitative estimate of drug-likeness (QED) is 0.902. The highest BCUT2D eigenvalue weighted by Gasteiger charge is 2.06. The minimum atomic E-state index is 0.527. The number of anilines is 2. The van der Waals surface area contributed by atoms with Crippen LogP contribution in [0.2, 0.25) is 5.02 Å². The first kappa shape index (κ1) is 13.1. The molecule has 0 aliphatic carbocycles. The summed E-state index contributed by atoms with van der Waals surface area (Å²) >= 11 is 7.83. The molecule has 96 valence electrons. The molecule has 0 saturated carbocycles. The van der Waals surface area contributed by atoms with Gasteiger partial charge in [-0.3, -0.25) is 0 Å². The molecule has 2 heterocycles. The van der Waals surface area contributed by atoms with Crippen molar-refractivity contribution in [3.8, 4) is 0 Å². The molecule has 0 aliphatic heterocycles. The Morgan fingerprint density at radius 1 is 1.39 bits per heavy atom. The lowest BCUT2D eigenvalue weighted by molar-refractivity contribution is 1.09. The zero-order chi connectivity index (χ0) is 13.1. The van der Waals surface area contributed by atoms with Crippen molar-refractivity contribution in [3.63, 3.8) is 0 Å². The van der Waals surface area contributed by atoms with Gasteiger partial charge in [0.2, 0.25) is 5.95 Å². The molecule has 0 bridgehead atoms. The van der Waals surface area contributed by atoms with Crippen molar-refractivity contribution in [1.29, 1.82) is 0 Å². The topological polar surface area (TPSA) is 49.8 Å². The van der Waals surface area contributed by atoms with E-state index in [0.717, 1.165) is 6.54 Å². The number of nitrogens with zero attached hydrogens (tertiary/aromatic N) is 2. The summed E-state index contributed by atoms with van der Waals surface area (Å²) in [6.45, 7) is 4.96. The Morgan fingerprint density at radius 2 is 2.17 bits per heavy atom. The van der Waals surface area contributed by atoms with Crippen molar-refractivity contribution in [2.75, 3.05) is 17.7 Å². The first-order chi connectivity index (χ1) is 8.60. The van der Waals surface area contributed by atoms with Gasteiger partial charge in [0.1, 0.15) is 5.02 Å². The Balaban J connectivity index is 2.10. The maximum atomic E-state index is 6.04. The van der Waals surface area contributed by atoms with E-state index in [-0.39, 0.29) is 0 Å². The number of nitrogens with one attached hydrogen (secondary N) is 2. The number of aromatic nitrogens is 2. The van der Waals surface area contributed by atoms with Crippen LogP contribution >= 0.6 is 22.9 Å². The Labute approximate surface area is 115 Å². The van der Waals surface area contributed by atoms with Crippen LogP contribution in [-0.4, -0.2) is 17.0 Å². The van der Waals surface area contributed by atoms with Gasteiger partial charge in [0.15, 0.2) is 5.82 Å². The fourth-order valence-corrected chi connectivity index (χ4v) is 2.67. The molecule has 0 saturated heterocycles. The molecule has 0 amide bonds. The van der Waals surface area contributed by atoms with Gasteiger partial charge < -0.3 is 10.6 Å². The number of rotatable bonds is 4. The summed E-state index contributed by atoms with van der Waals surface area (Å²) in [5, 5.41) is 6.65. The van der Waals surface area contributed by atoms with Gasteiger partial charge in [0.05, 0.1) is 12.7 Å². The second-order valence-electron chi connectivity index (χ2n) is 3.95. The van der Waals surface area contributed by atoms with E-state index in [2.05, 4.69) is 40.5 Å². The molecule has 2 aromatic rings. The Kier molecular flexibility index (Phi) is 4.04. The maximum Gasteiger partial charge on any atom is 0.224 e. The van der Waals surface area contributed by atoms with Crippen LogP contribution in [0.4, 0.5) is 11.8 Å². The minimum absolute atomic E-state index is 0.527. The van der Waals surface area contributed by atoms with Gasteiger partial charge in [-0.15, -0.1) is 11.3 Å². The Morgan fingerprint density at radius 3 is 2.78 bits per heavy atom. The first-order valence-corrected chi connectivity index (χ1v) is 6.79. The second-order valence-corrected chi connectivity index (χ2v) is 5.69. The fraction of sp³-hybridized carbons (Fsp3) is 0.333. The monoisotopic (exact) mass is 282 g/mol. The van der Waals surface area contributed by atoms with Crippen LogP contribution in [-0.2, 0) is 6.54 Å². The molecular weight excluding hydrogens is 268 g/mol. The predicted octanol–water partition coefficient (Wildman–Crippen LogP) is 3.46. The number of aryl methyl sites for hydroxylation is 2. The lowest BCUT2D eigenvalue weighted by atomic mass is 10.3. The predicted molar refractivity (Wildman–Crippen MR) is 77.7 cm³/mol. The molecule has 0 atom stereocenters. The number of hydrogen-bond acceptors (Lipinski definition) is 5. The van der Waals surface area contributed by atoms with Gasteiger partial charge in [0.25, 0.3) is 0 Å². The van der Waals surface area contributed by atoms with E-state index in [4.69, 9.17) is 11.6 Å². The van der Waals surface area contributed by atoms with Crippen LogP contribution in [0.25, 0.3) is 0 Å². The van der Waals surface area contributed by atoms with E-state index in [9.17, 15) is 0 Å². The van der Waals surface area contributed by atoms with E-state index in [1.807, 2.05) is 0 Å². The van der Waals surface area contributed by atoms with E-state index in [1.165, 1.54) is 15.3 Å². The molecule has 0 spiro atoms. The van der Waals surface area contributed by atoms with E-state index in [1.54, 1.807) is 24.6 Å². The highest BCUT2D eigenvalue weighted by molar-refractivity contribution is 7.12. The third kappa shape index (κ3) is 2.91. The SMILES string of the molecule is CNc1ncc(Cl)c(NCc2cc(C)c(C)s2)n1. The van der Waals surface area contributed by atoms with Crippen molar-refractivity contribution in [3.05, 3.63) is 32.6 Å². The highest BCUT2D eigenvalue weighted by atomic mass is 35.5. The van der Waals surface area contributed by atoms with E-state index < -0.39 is 0 Å². The molecule has 4 nitrogen and oxygen atoms in total. The van der Waals surface area contributed by atoms with Gasteiger partial charge in [-0.2, -0.15) is 4.98 Å². The summed E-state index contributed by atoms with van der Waals surface area (Å²) < 4.78 is 0. The fourth-order valence-electron chi connectivity index (χ4n) is 1.52. The largest absolute Gasteiger partial charge is 0.364 e. The van der Waals surface area contributed by atoms with Crippen LogP contribution in [0.15, 0.2) is 12.3 Å². The Hall–Kier alpha value is -1.33. The molecule has 0 radical (unpaired) electrons. The smallest absolute Gasteiger partial charge is 0.224 e. The zero-order valence-corrected chi connectivity index (χ0v) is 12.1. The van der Waals surface area contributed by atoms with E-state index in [0.29, 0.717) is 16.8 Å². The van der Waals surface area contributed by atoms with Crippen LogP contribution in [0.3, 0.4) is 0 Å². The lowest BCUT2D eigenvalue weighted by Gasteiger charge is -2.07. The Bertz CT molecular complexity index is 534. The van der Waals surface area contributed by atoms with Crippen molar-refractivity contribution >= 4 is 34.7 Å². The lowest BCUT2D eigenvalue weighted by Crippen LogP contribution is -2.04. The molecule has 2 aromatic heterocycles. The van der Waals surface area contributed by atoms with Crippen LogP contribution in [0, 0.1) is 13.8 Å². The third-order valence-electron chi connectivity index (χ3n) is 2.61. The zero-order valence-electron chi connectivity index (χ0n) is 10.5. The number of thiophene rings is 1. The summed E-state index contributed by atoms with van der Waals surface area (Å²) in [6, 6.07) is 2.18. The first-order valence-electron chi connectivity index (χ1n) is 5.60. The highest BCUT2D eigenvalue weighted by Crippen LogP contribution is 2.24. The van der Waals surface area contributed by atoms with Crippen molar-refractivity contribution in [2.45, 2.75) is 20.4 Å². The van der Waals surface area contributed by atoms with Crippen molar-refractivity contribution in [2.24, 2.45) is 0 Å². The molecule has 0 fully saturated rings. The summed E-state index contributed by atoms with van der Waals surface area (Å²) in [6.07, 6.45) is 1.59. The molecule has 18 heavy (non-hydrogen) atoms. The van der Waals surface area contributed by atoms with Gasteiger partial charge in [-0.25, -0.2) is 4.98 Å². The summed E-state index contributed by atoms with van der Waals surface area (Å²) in [5.74, 6) is 1.21. The standard InChI is InChI=1S/C12H15ClN4S/c1-7-4-9(18-8(7)2)5-15-11-10(13)6-16-12(14-3)17-11/h4,6H,5H2,1-3H3,(H2,14,15,16,17). The average molecular weight is 283 g/mol. The van der Waals surface area contributed by atoms with Crippen LogP contribution < -0.4 is 10.6 Å². The van der Waals surface area contributed by atoms with Crippen LogP contribution in [0.1, 0.15) is 15.3 Å². The van der Waals surface area contributed by atoms with Gasteiger partial charge in [-0.1, -0.05) is 11.6 Å². The van der Waals surface area contributed by atoms with Gasteiger partial charge in [0, 0.05) is 16.8 Å². The molecule has 6 heteroatoms. The molecule has 2 rings (SSSR count). The normalized spacial score (nSPS) is 10.4. The minimum Gasteiger partial charge on any atom is -0.364 e. The summed E-state index contributed by atoms with van der Waals surface area (Å²) in [7, 11) is 1.78. The second kappa shape index (κ2) is 5.54. The van der Waals surface area contributed by atoms with Gasteiger partial charge >= 0.3 is 0 Å². The van der Waals surface area contributed by atoms with Crippen molar-refractivity contribution < 1.29 is 0 Å². The third-order valence-corrected chi connectivity index (χ3v) is 4.04. The van der Waals surface area contributed by atoms with E-state index >= 15 is 0 Å². The van der Waals surface area contributed by atoms with Crippen LogP contribution in [0.5, 0.6) is 0 Å².